The standard InChI is InChI=1S/C13H20BrNO/c14-11-3-5-15(6-4-11)13(16)12-8-9-1-2-10(12)7-9/h9-12H,1-8H2. The molecule has 2 aliphatic carbocycles. The molecule has 0 aromatic carbocycles. The molecule has 16 heavy (non-hydrogen) atoms. The smallest absolute Gasteiger partial charge is 0.225 e. The summed E-state index contributed by atoms with van der Waals surface area (Å²) in [5.41, 5.74) is 0. The molecule has 1 heterocycles. The van der Waals surface area contributed by atoms with Gasteiger partial charge in [0.25, 0.3) is 0 Å². The highest BCUT2D eigenvalue weighted by Gasteiger charge is 2.44. The first-order chi connectivity index (χ1) is 7.74. The third-order valence-electron chi connectivity index (χ3n) is 4.79. The van der Waals surface area contributed by atoms with Crippen molar-refractivity contribution >= 4 is 21.8 Å². The van der Waals surface area contributed by atoms with Crippen LogP contribution >= 0.6 is 15.9 Å². The second kappa shape index (κ2) is 4.32. The fraction of sp³-hybridized carbons (Fsp3) is 0.923. The van der Waals surface area contributed by atoms with E-state index in [9.17, 15) is 4.79 Å². The highest BCUT2D eigenvalue weighted by atomic mass is 79.9. The predicted octanol–water partition coefficient (Wildman–Crippen LogP) is 2.81. The van der Waals surface area contributed by atoms with Gasteiger partial charge < -0.3 is 4.90 Å². The average Bonchev–Trinajstić information content (AvgIpc) is 2.91. The van der Waals surface area contributed by atoms with E-state index < -0.39 is 0 Å². The Balaban J connectivity index is 1.61. The van der Waals surface area contributed by atoms with Gasteiger partial charge in [0.05, 0.1) is 0 Å². The number of nitrogens with zero attached hydrogens (tertiary/aromatic N) is 1. The Morgan fingerprint density at radius 2 is 1.81 bits per heavy atom. The summed E-state index contributed by atoms with van der Waals surface area (Å²) in [6.45, 7) is 1.95. The van der Waals surface area contributed by atoms with E-state index in [-0.39, 0.29) is 0 Å². The molecule has 0 aromatic heterocycles. The molecule has 0 aromatic rings. The van der Waals surface area contributed by atoms with Gasteiger partial charge in [-0.25, -0.2) is 0 Å². The predicted molar refractivity (Wildman–Crippen MR) is 67.5 cm³/mol. The number of hydrogen-bond donors (Lipinski definition) is 0. The average molecular weight is 286 g/mol. The molecule has 1 aliphatic heterocycles. The zero-order chi connectivity index (χ0) is 11.1. The number of halogens is 1. The van der Waals surface area contributed by atoms with Crippen LogP contribution in [0.5, 0.6) is 0 Å². The maximum absolute atomic E-state index is 12.4. The second-order valence-electron chi connectivity index (χ2n) is 5.78. The van der Waals surface area contributed by atoms with Crippen molar-refractivity contribution in [1.29, 1.82) is 0 Å². The van der Waals surface area contributed by atoms with E-state index in [2.05, 4.69) is 20.8 Å². The molecule has 0 N–H and O–H groups in total. The lowest BCUT2D eigenvalue weighted by atomic mass is 9.87. The molecule has 3 heteroatoms. The van der Waals surface area contributed by atoms with Crippen LogP contribution in [0.15, 0.2) is 0 Å². The number of amides is 1. The molecule has 2 bridgehead atoms. The van der Waals surface area contributed by atoms with Gasteiger partial charge in [-0.2, -0.15) is 0 Å². The summed E-state index contributed by atoms with van der Waals surface area (Å²) in [7, 11) is 0. The molecule has 0 spiro atoms. The van der Waals surface area contributed by atoms with Crippen LogP contribution in [0.3, 0.4) is 0 Å². The first-order valence-corrected chi connectivity index (χ1v) is 7.58. The van der Waals surface area contributed by atoms with Crippen molar-refractivity contribution in [3.8, 4) is 0 Å². The van der Waals surface area contributed by atoms with Gasteiger partial charge in [-0.05, 0) is 43.9 Å². The zero-order valence-electron chi connectivity index (χ0n) is 9.70. The summed E-state index contributed by atoms with van der Waals surface area (Å²) in [6.07, 6.45) is 7.50. The van der Waals surface area contributed by atoms with Gasteiger partial charge in [0.2, 0.25) is 5.91 Å². The summed E-state index contributed by atoms with van der Waals surface area (Å²) < 4.78 is 0. The van der Waals surface area contributed by atoms with E-state index in [1.54, 1.807) is 0 Å². The Morgan fingerprint density at radius 1 is 1.06 bits per heavy atom. The Labute approximate surface area is 106 Å². The minimum absolute atomic E-state index is 0.394. The first-order valence-electron chi connectivity index (χ1n) is 6.67. The molecular weight excluding hydrogens is 266 g/mol. The van der Waals surface area contributed by atoms with Crippen molar-refractivity contribution in [1.82, 2.24) is 4.90 Å². The van der Waals surface area contributed by atoms with E-state index in [1.165, 1.54) is 25.7 Å². The Kier molecular flexibility index (Phi) is 2.99. The van der Waals surface area contributed by atoms with Gasteiger partial charge in [-0.15, -0.1) is 0 Å². The van der Waals surface area contributed by atoms with Gasteiger partial charge in [0.1, 0.15) is 0 Å². The molecule has 1 amide bonds. The number of rotatable bonds is 1. The summed E-state index contributed by atoms with van der Waals surface area (Å²) in [5.74, 6) is 2.49. The monoisotopic (exact) mass is 285 g/mol. The molecule has 3 aliphatic rings. The maximum Gasteiger partial charge on any atom is 0.225 e. The minimum Gasteiger partial charge on any atom is -0.342 e. The Bertz CT molecular complexity index is 286. The van der Waals surface area contributed by atoms with Crippen LogP contribution in [0, 0.1) is 17.8 Å². The number of carbonyl (C=O) groups is 1. The van der Waals surface area contributed by atoms with Crippen LogP contribution in [0.4, 0.5) is 0 Å². The number of alkyl halides is 1. The topological polar surface area (TPSA) is 20.3 Å². The minimum atomic E-state index is 0.394. The van der Waals surface area contributed by atoms with E-state index in [4.69, 9.17) is 0 Å². The fourth-order valence-corrected chi connectivity index (χ4v) is 4.26. The quantitative estimate of drug-likeness (QED) is 0.679. The highest BCUT2D eigenvalue weighted by Crippen LogP contribution is 2.49. The number of hydrogen-bond acceptors (Lipinski definition) is 1. The molecule has 3 atom stereocenters. The lowest BCUT2D eigenvalue weighted by molar-refractivity contribution is -0.138. The van der Waals surface area contributed by atoms with E-state index in [1.807, 2.05) is 0 Å². The van der Waals surface area contributed by atoms with Crippen molar-refractivity contribution in [3.63, 3.8) is 0 Å². The van der Waals surface area contributed by atoms with Crippen molar-refractivity contribution in [2.75, 3.05) is 13.1 Å². The first kappa shape index (κ1) is 11.1. The summed E-state index contributed by atoms with van der Waals surface area (Å²) in [5, 5.41) is 0. The summed E-state index contributed by atoms with van der Waals surface area (Å²) >= 11 is 3.64. The lowest BCUT2D eigenvalue weighted by Gasteiger charge is -2.33. The highest BCUT2D eigenvalue weighted by molar-refractivity contribution is 9.09. The number of piperidine rings is 1. The van der Waals surface area contributed by atoms with Gasteiger partial charge >= 0.3 is 0 Å². The molecule has 0 radical (unpaired) electrons. The van der Waals surface area contributed by atoms with Gasteiger partial charge in [-0.1, -0.05) is 22.4 Å². The van der Waals surface area contributed by atoms with Crippen LogP contribution in [0.25, 0.3) is 0 Å². The van der Waals surface area contributed by atoms with Crippen LogP contribution in [0.2, 0.25) is 0 Å². The normalized spacial score (nSPS) is 39.3. The summed E-state index contributed by atoms with van der Waals surface area (Å²) in [4.78, 5) is 15.2. The van der Waals surface area contributed by atoms with Gasteiger partial charge in [-0.3, -0.25) is 4.79 Å². The van der Waals surface area contributed by atoms with Gasteiger partial charge in [0, 0.05) is 23.8 Å². The molecule has 90 valence electrons. The molecular formula is C13H20BrNO. The van der Waals surface area contributed by atoms with Crippen LogP contribution in [-0.2, 0) is 4.79 Å². The van der Waals surface area contributed by atoms with Crippen molar-refractivity contribution in [3.05, 3.63) is 0 Å². The number of carbonyl (C=O) groups excluding carboxylic acids is 1. The van der Waals surface area contributed by atoms with Crippen molar-refractivity contribution in [2.45, 2.75) is 43.4 Å². The molecule has 1 saturated heterocycles. The van der Waals surface area contributed by atoms with Crippen LogP contribution < -0.4 is 0 Å². The Hall–Kier alpha value is -0.0500. The number of fused-ring (bicyclic) bond motifs is 2. The largest absolute Gasteiger partial charge is 0.342 e. The van der Waals surface area contributed by atoms with E-state index in [0.29, 0.717) is 16.7 Å². The number of likely N-dealkylation sites (tertiary alicyclic amines) is 1. The zero-order valence-corrected chi connectivity index (χ0v) is 11.3. The van der Waals surface area contributed by atoms with Gasteiger partial charge in [0.15, 0.2) is 0 Å². The molecule has 2 saturated carbocycles. The van der Waals surface area contributed by atoms with Crippen molar-refractivity contribution in [2.24, 2.45) is 17.8 Å². The molecule has 2 nitrogen and oxygen atoms in total. The van der Waals surface area contributed by atoms with E-state index in [0.717, 1.165) is 37.8 Å². The fourth-order valence-electron chi connectivity index (χ4n) is 3.85. The molecule has 3 rings (SSSR count). The second-order valence-corrected chi connectivity index (χ2v) is 7.08. The SMILES string of the molecule is O=C(C1CC2CCC1C2)N1CCC(Br)CC1. The molecule has 3 unspecified atom stereocenters. The Morgan fingerprint density at radius 3 is 2.38 bits per heavy atom. The van der Waals surface area contributed by atoms with Crippen LogP contribution in [0.1, 0.15) is 38.5 Å². The third kappa shape index (κ3) is 1.92. The maximum atomic E-state index is 12.4. The van der Waals surface area contributed by atoms with Crippen LogP contribution in [-0.4, -0.2) is 28.7 Å². The molecule has 3 fully saturated rings. The lowest BCUT2D eigenvalue weighted by Crippen LogP contribution is -2.43. The van der Waals surface area contributed by atoms with Crippen molar-refractivity contribution < 1.29 is 4.79 Å². The van der Waals surface area contributed by atoms with E-state index >= 15 is 0 Å². The summed E-state index contributed by atoms with van der Waals surface area (Å²) in [6, 6.07) is 0. The third-order valence-corrected chi connectivity index (χ3v) is 5.71.